The summed E-state index contributed by atoms with van der Waals surface area (Å²) >= 11 is 0. The molecular formula is C51H32N4. The third-order valence-corrected chi connectivity index (χ3v) is 10.8. The van der Waals surface area contributed by atoms with E-state index in [2.05, 4.69) is 180 Å². The molecule has 0 amide bonds. The zero-order valence-corrected chi connectivity index (χ0v) is 29.8. The second-order valence-corrected chi connectivity index (χ2v) is 14.0. The molecule has 0 fully saturated rings. The van der Waals surface area contributed by atoms with E-state index in [-0.39, 0.29) is 0 Å². The molecule has 11 rings (SSSR count). The Kier molecular flexibility index (Phi) is 7.14. The van der Waals surface area contributed by atoms with Crippen molar-refractivity contribution in [1.29, 1.82) is 0 Å². The molecule has 0 aliphatic rings. The molecule has 256 valence electrons. The molecule has 0 atom stereocenters. The summed E-state index contributed by atoms with van der Waals surface area (Å²) in [7, 11) is 0. The second-order valence-electron chi connectivity index (χ2n) is 14.0. The minimum atomic E-state index is 0.700. The predicted molar refractivity (Wildman–Crippen MR) is 228 cm³/mol. The number of rotatable bonds is 5. The predicted octanol–water partition coefficient (Wildman–Crippen LogP) is 13.1. The maximum atomic E-state index is 5.30. The Balaban J connectivity index is 1.06. The lowest BCUT2D eigenvalue weighted by atomic mass is 9.92. The maximum absolute atomic E-state index is 5.30. The Hall–Kier alpha value is -7.43. The van der Waals surface area contributed by atoms with Crippen molar-refractivity contribution in [2.24, 2.45) is 0 Å². The molecule has 8 aromatic carbocycles. The second kappa shape index (κ2) is 12.6. The van der Waals surface area contributed by atoms with Gasteiger partial charge < -0.3 is 4.57 Å². The topological polar surface area (TPSA) is 43.6 Å². The maximum Gasteiger partial charge on any atom is 0.160 e. The number of benzene rings is 8. The van der Waals surface area contributed by atoms with Crippen molar-refractivity contribution in [3.63, 3.8) is 0 Å². The van der Waals surface area contributed by atoms with Crippen LogP contribution < -0.4 is 0 Å². The van der Waals surface area contributed by atoms with Crippen LogP contribution in [0, 0.1) is 0 Å². The van der Waals surface area contributed by atoms with Crippen molar-refractivity contribution in [2.75, 3.05) is 0 Å². The van der Waals surface area contributed by atoms with Crippen molar-refractivity contribution in [2.45, 2.75) is 0 Å². The smallest absolute Gasteiger partial charge is 0.160 e. The molecule has 55 heavy (non-hydrogen) atoms. The number of hydrogen-bond acceptors (Lipinski definition) is 3. The van der Waals surface area contributed by atoms with Crippen LogP contribution in [0.3, 0.4) is 0 Å². The van der Waals surface area contributed by atoms with E-state index in [9.17, 15) is 0 Å². The first-order chi connectivity index (χ1) is 27.3. The molecule has 11 aromatic rings. The van der Waals surface area contributed by atoms with E-state index in [0.29, 0.717) is 5.82 Å². The van der Waals surface area contributed by atoms with Crippen LogP contribution in [-0.4, -0.2) is 19.5 Å². The lowest BCUT2D eigenvalue weighted by molar-refractivity contribution is 1.18. The van der Waals surface area contributed by atoms with Crippen molar-refractivity contribution >= 4 is 54.4 Å². The highest BCUT2D eigenvalue weighted by molar-refractivity contribution is 6.17. The lowest BCUT2D eigenvalue weighted by Crippen LogP contribution is -1.96. The third-order valence-electron chi connectivity index (χ3n) is 10.8. The van der Waals surface area contributed by atoms with E-state index in [1.54, 1.807) is 0 Å². The summed E-state index contributed by atoms with van der Waals surface area (Å²) in [6.45, 7) is 0. The highest BCUT2D eigenvalue weighted by Crippen LogP contribution is 2.40. The highest BCUT2D eigenvalue weighted by atomic mass is 15.0. The van der Waals surface area contributed by atoms with Gasteiger partial charge >= 0.3 is 0 Å². The standard InChI is InChI=1S/C51H32N4/c1-2-14-33(15-3-1)49-42-21-5-9-25-45(42)53-51(54-49)35-30-28-34(29-31-35)50-43-23-13-22-38(48(43)41-20-4-8-24-44(41)52-50)36-16-12-17-37(32-36)55-46-26-10-6-18-39(46)40-19-7-11-27-47(40)55/h1-32H. The van der Waals surface area contributed by atoms with Gasteiger partial charge in [0.2, 0.25) is 0 Å². The number of nitrogens with zero attached hydrogens (tertiary/aromatic N) is 4. The van der Waals surface area contributed by atoms with Gasteiger partial charge in [0, 0.05) is 54.7 Å². The van der Waals surface area contributed by atoms with Gasteiger partial charge in [-0.25, -0.2) is 15.0 Å². The average molecular weight is 701 g/mol. The average Bonchev–Trinajstić information content (AvgIpc) is 3.60. The van der Waals surface area contributed by atoms with E-state index in [4.69, 9.17) is 15.0 Å². The van der Waals surface area contributed by atoms with Crippen molar-refractivity contribution in [3.05, 3.63) is 194 Å². The highest BCUT2D eigenvalue weighted by Gasteiger charge is 2.17. The van der Waals surface area contributed by atoms with Crippen molar-refractivity contribution in [1.82, 2.24) is 19.5 Å². The van der Waals surface area contributed by atoms with Gasteiger partial charge in [0.15, 0.2) is 5.82 Å². The SMILES string of the molecule is c1ccc(-c2nc(-c3ccc(-c4nc5ccccc5c5c(-c6cccc(-n7c8ccccc8c8ccccc87)c6)cccc45)cc3)nc3ccccc23)cc1. The van der Waals surface area contributed by atoms with Gasteiger partial charge in [-0.05, 0) is 47.5 Å². The fraction of sp³-hybridized carbons (Fsp3) is 0. The fourth-order valence-electron chi connectivity index (χ4n) is 8.28. The van der Waals surface area contributed by atoms with Crippen LogP contribution in [0.4, 0.5) is 0 Å². The van der Waals surface area contributed by atoms with Crippen LogP contribution in [-0.2, 0) is 0 Å². The summed E-state index contributed by atoms with van der Waals surface area (Å²) in [4.78, 5) is 15.4. The lowest BCUT2D eigenvalue weighted by Gasteiger charge is -2.16. The summed E-state index contributed by atoms with van der Waals surface area (Å²) in [5, 5.41) is 6.98. The molecule has 4 heteroatoms. The Bertz CT molecular complexity index is 3200. The van der Waals surface area contributed by atoms with Crippen molar-refractivity contribution in [3.8, 4) is 50.7 Å². The van der Waals surface area contributed by atoms with Crippen LogP contribution in [0.25, 0.3) is 105 Å². The Labute approximate surface area is 317 Å². The zero-order chi connectivity index (χ0) is 36.3. The number of para-hydroxylation sites is 4. The molecule has 0 saturated carbocycles. The van der Waals surface area contributed by atoms with Gasteiger partial charge in [0.1, 0.15) is 0 Å². The minimum Gasteiger partial charge on any atom is -0.309 e. The first kappa shape index (κ1) is 31.1. The van der Waals surface area contributed by atoms with Crippen molar-refractivity contribution < 1.29 is 0 Å². The third kappa shape index (κ3) is 5.11. The Morgan fingerprint density at radius 2 is 0.855 bits per heavy atom. The molecule has 0 spiro atoms. The summed E-state index contributed by atoms with van der Waals surface area (Å²) in [6.07, 6.45) is 0. The molecule has 0 bridgehead atoms. The van der Waals surface area contributed by atoms with Crippen LogP contribution in [0.2, 0.25) is 0 Å². The molecule has 3 aromatic heterocycles. The van der Waals surface area contributed by atoms with E-state index in [1.165, 1.54) is 32.8 Å². The van der Waals surface area contributed by atoms with Crippen LogP contribution in [0.15, 0.2) is 194 Å². The molecular weight excluding hydrogens is 669 g/mol. The summed E-state index contributed by atoms with van der Waals surface area (Å²) in [5.74, 6) is 0.700. The molecule has 0 radical (unpaired) electrons. The van der Waals surface area contributed by atoms with E-state index >= 15 is 0 Å². The van der Waals surface area contributed by atoms with Crippen LogP contribution >= 0.6 is 0 Å². The van der Waals surface area contributed by atoms with E-state index in [1.807, 2.05) is 18.2 Å². The van der Waals surface area contributed by atoms with E-state index in [0.717, 1.165) is 66.5 Å². The zero-order valence-electron chi connectivity index (χ0n) is 29.8. The molecule has 0 N–H and O–H groups in total. The van der Waals surface area contributed by atoms with E-state index < -0.39 is 0 Å². The van der Waals surface area contributed by atoms with Gasteiger partial charge in [-0.2, -0.15) is 0 Å². The quantitative estimate of drug-likeness (QED) is 0.168. The number of aromatic nitrogens is 4. The van der Waals surface area contributed by atoms with Gasteiger partial charge in [-0.3, -0.25) is 0 Å². The normalized spacial score (nSPS) is 11.6. The minimum absolute atomic E-state index is 0.700. The van der Waals surface area contributed by atoms with Gasteiger partial charge in [-0.15, -0.1) is 0 Å². The van der Waals surface area contributed by atoms with Crippen LogP contribution in [0.1, 0.15) is 0 Å². The molecule has 0 aliphatic carbocycles. The monoisotopic (exact) mass is 700 g/mol. The van der Waals surface area contributed by atoms with Gasteiger partial charge in [0.25, 0.3) is 0 Å². The number of pyridine rings is 1. The molecule has 0 aliphatic heterocycles. The first-order valence-corrected chi connectivity index (χ1v) is 18.6. The molecule has 0 saturated heterocycles. The number of hydrogen-bond donors (Lipinski definition) is 0. The molecule has 4 nitrogen and oxygen atoms in total. The summed E-state index contributed by atoms with van der Waals surface area (Å²) in [5.41, 5.74) is 12.7. The molecule has 0 unspecified atom stereocenters. The van der Waals surface area contributed by atoms with Gasteiger partial charge in [-0.1, -0.05) is 158 Å². The van der Waals surface area contributed by atoms with Crippen LogP contribution in [0.5, 0.6) is 0 Å². The first-order valence-electron chi connectivity index (χ1n) is 18.6. The Morgan fingerprint density at radius 3 is 1.60 bits per heavy atom. The summed E-state index contributed by atoms with van der Waals surface area (Å²) in [6, 6.07) is 68.5. The molecule has 3 heterocycles. The number of fused-ring (bicyclic) bond motifs is 7. The summed E-state index contributed by atoms with van der Waals surface area (Å²) < 4.78 is 2.38. The van der Waals surface area contributed by atoms with Gasteiger partial charge in [0.05, 0.1) is 33.5 Å². The Morgan fingerprint density at radius 1 is 0.327 bits per heavy atom. The largest absolute Gasteiger partial charge is 0.309 e. The fourth-order valence-corrected chi connectivity index (χ4v) is 8.28.